The molecule has 27 heavy (non-hydrogen) atoms. The SMILES string of the molecule is O=C(c1ccno1)N1CCC2(COCc3cnc(-c4ccccc4)nc32)C1. The number of amides is 1. The van der Waals surface area contributed by atoms with Crippen LogP contribution in [0.2, 0.25) is 0 Å². The molecule has 5 rings (SSSR count). The molecule has 1 spiro atoms. The van der Waals surface area contributed by atoms with Crippen molar-refractivity contribution in [2.24, 2.45) is 0 Å². The van der Waals surface area contributed by atoms with Gasteiger partial charge in [0, 0.05) is 36.5 Å². The Morgan fingerprint density at radius 1 is 1.19 bits per heavy atom. The van der Waals surface area contributed by atoms with Crippen LogP contribution < -0.4 is 0 Å². The van der Waals surface area contributed by atoms with Gasteiger partial charge in [-0.1, -0.05) is 35.5 Å². The summed E-state index contributed by atoms with van der Waals surface area (Å²) in [6.45, 7) is 2.23. The maximum Gasteiger partial charge on any atom is 0.292 e. The molecule has 0 aliphatic carbocycles. The van der Waals surface area contributed by atoms with Crippen molar-refractivity contribution in [2.75, 3.05) is 19.7 Å². The van der Waals surface area contributed by atoms with Crippen molar-refractivity contribution in [2.45, 2.75) is 18.4 Å². The number of hydrogen-bond donors (Lipinski definition) is 0. The van der Waals surface area contributed by atoms with E-state index in [1.807, 2.05) is 36.5 Å². The minimum atomic E-state index is -0.310. The van der Waals surface area contributed by atoms with Gasteiger partial charge in [0.1, 0.15) is 0 Å². The third-order valence-corrected chi connectivity index (χ3v) is 5.32. The van der Waals surface area contributed by atoms with Gasteiger partial charge in [0.05, 0.1) is 30.5 Å². The minimum Gasteiger partial charge on any atom is -0.376 e. The van der Waals surface area contributed by atoms with Crippen LogP contribution in [-0.2, 0) is 16.8 Å². The fraction of sp³-hybridized carbons (Fsp3) is 0.300. The number of carbonyl (C=O) groups excluding carboxylic acids is 1. The van der Waals surface area contributed by atoms with Crippen molar-refractivity contribution in [1.29, 1.82) is 0 Å². The third-order valence-electron chi connectivity index (χ3n) is 5.32. The van der Waals surface area contributed by atoms with Gasteiger partial charge >= 0.3 is 0 Å². The van der Waals surface area contributed by atoms with E-state index < -0.39 is 0 Å². The summed E-state index contributed by atoms with van der Waals surface area (Å²) >= 11 is 0. The Morgan fingerprint density at radius 3 is 2.89 bits per heavy atom. The lowest BCUT2D eigenvalue weighted by molar-refractivity contribution is 0.0477. The highest BCUT2D eigenvalue weighted by Crippen LogP contribution is 2.40. The molecule has 7 nitrogen and oxygen atoms in total. The molecule has 0 bridgehead atoms. The normalized spacial score (nSPS) is 21.4. The number of fused-ring (bicyclic) bond motifs is 2. The smallest absolute Gasteiger partial charge is 0.292 e. The molecule has 1 saturated heterocycles. The van der Waals surface area contributed by atoms with E-state index in [4.69, 9.17) is 14.2 Å². The molecular formula is C20H18N4O3. The van der Waals surface area contributed by atoms with Gasteiger partial charge in [-0.2, -0.15) is 0 Å². The molecular weight excluding hydrogens is 344 g/mol. The van der Waals surface area contributed by atoms with Crippen LogP contribution in [0.15, 0.2) is 53.3 Å². The van der Waals surface area contributed by atoms with Crippen molar-refractivity contribution < 1.29 is 14.1 Å². The Bertz CT molecular complexity index is 974. The second-order valence-corrected chi connectivity index (χ2v) is 7.06. The summed E-state index contributed by atoms with van der Waals surface area (Å²) in [6.07, 6.45) is 4.13. The van der Waals surface area contributed by atoms with Crippen molar-refractivity contribution in [3.63, 3.8) is 0 Å². The molecule has 0 N–H and O–H groups in total. The molecule has 2 aromatic heterocycles. The van der Waals surface area contributed by atoms with Crippen LogP contribution in [0, 0.1) is 0 Å². The first-order valence-corrected chi connectivity index (χ1v) is 8.95. The summed E-state index contributed by atoms with van der Waals surface area (Å²) in [5, 5.41) is 3.63. The van der Waals surface area contributed by atoms with E-state index in [-0.39, 0.29) is 17.1 Å². The van der Waals surface area contributed by atoms with E-state index >= 15 is 0 Å². The number of ether oxygens (including phenoxy) is 1. The molecule has 4 heterocycles. The van der Waals surface area contributed by atoms with Crippen LogP contribution in [-0.4, -0.2) is 45.6 Å². The van der Waals surface area contributed by atoms with Gasteiger partial charge in [-0.05, 0) is 6.42 Å². The van der Waals surface area contributed by atoms with Crippen molar-refractivity contribution >= 4 is 5.91 Å². The van der Waals surface area contributed by atoms with E-state index in [0.29, 0.717) is 32.1 Å². The lowest BCUT2D eigenvalue weighted by atomic mass is 9.80. The number of hydrogen-bond acceptors (Lipinski definition) is 6. The standard InChI is InChI=1S/C20H18N4O3/c25-19(16-6-8-22-27-16)24-9-7-20(12-24)13-26-11-15-10-21-18(23-17(15)20)14-4-2-1-3-5-14/h1-6,8,10H,7,9,11-13H2. The predicted octanol–water partition coefficient (Wildman–Crippen LogP) is 2.45. The van der Waals surface area contributed by atoms with E-state index in [9.17, 15) is 4.79 Å². The van der Waals surface area contributed by atoms with E-state index in [0.717, 1.165) is 23.2 Å². The first-order chi connectivity index (χ1) is 13.3. The van der Waals surface area contributed by atoms with Crippen LogP contribution >= 0.6 is 0 Å². The minimum absolute atomic E-state index is 0.145. The lowest BCUT2D eigenvalue weighted by Gasteiger charge is -2.34. The summed E-state index contributed by atoms with van der Waals surface area (Å²) in [4.78, 5) is 23.9. The molecule has 1 aromatic carbocycles. The molecule has 3 aromatic rings. The van der Waals surface area contributed by atoms with Gasteiger partial charge < -0.3 is 14.2 Å². The maximum absolute atomic E-state index is 12.7. The highest BCUT2D eigenvalue weighted by atomic mass is 16.5. The van der Waals surface area contributed by atoms with Gasteiger partial charge in [-0.25, -0.2) is 9.97 Å². The zero-order valence-electron chi connectivity index (χ0n) is 14.7. The monoisotopic (exact) mass is 362 g/mol. The molecule has 0 saturated carbocycles. The van der Waals surface area contributed by atoms with E-state index in [1.54, 1.807) is 11.0 Å². The first-order valence-electron chi connectivity index (χ1n) is 8.95. The molecule has 1 amide bonds. The number of likely N-dealkylation sites (tertiary alicyclic amines) is 1. The summed E-state index contributed by atoms with van der Waals surface area (Å²) in [6, 6.07) is 11.5. The Morgan fingerprint density at radius 2 is 2.07 bits per heavy atom. The van der Waals surface area contributed by atoms with Crippen LogP contribution in [0.25, 0.3) is 11.4 Å². The van der Waals surface area contributed by atoms with Crippen LogP contribution in [0.4, 0.5) is 0 Å². The Balaban J connectivity index is 1.50. The van der Waals surface area contributed by atoms with Crippen LogP contribution in [0.5, 0.6) is 0 Å². The zero-order valence-corrected chi connectivity index (χ0v) is 14.7. The van der Waals surface area contributed by atoms with Crippen molar-refractivity contribution in [3.8, 4) is 11.4 Å². The zero-order chi connectivity index (χ0) is 18.3. The molecule has 1 fully saturated rings. The molecule has 2 aliphatic rings. The molecule has 2 aliphatic heterocycles. The number of rotatable bonds is 2. The second-order valence-electron chi connectivity index (χ2n) is 7.06. The summed E-state index contributed by atoms with van der Waals surface area (Å²) in [5.41, 5.74) is 2.66. The van der Waals surface area contributed by atoms with Crippen LogP contribution in [0.3, 0.4) is 0 Å². The highest BCUT2D eigenvalue weighted by molar-refractivity contribution is 5.91. The summed E-state index contributed by atoms with van der Waals surface area (Å²) in [5.74, 6) is 0.820. The van der Waals surface area contributed by atoms with Gasteiger partial charge in [-0.15, -0.1) is 0 Å². The highest BCUT2D eigenvalue weighted by Gasteiger charge is 2.46. The molecule has 1 unspecified atom stereocenters. The predicted molar refractivity (Wildman–Crippen MR) is 95.8 cm³/mol. The lowest BCUT2D eigenvalue weighted by Crippen LogP contribution is -2.41. The Hall–Kier alpha value is -3.06. The topological polar surface area (TPSA) is 81.4 Å². The number of benzene rings is 1. The van der Waals surface area contributed by atoms with Gasteiger partial charge in [0.2, 0.25) is 5.76 Å². The summed E-state index contributed by atoms with van der Waals surface area (Å²) < 4.78 is 10.9. The first kappa shape index (κ1) is 16.1. The largest absolute Gasteiger partial charge is 0.376 e. The van der Waals surface area contributed by atoms with Gasteiger partial charge in [0.25, 0.3) is 5.91 Å². The molecule has 1 atom stereocenters. The number of nitrogens with zero attached hydrogens (tertiary/aromatic N) is 4. The maximum atomic E-state index is 12.7. The average molecular weight is 362 g/mol. The van der Waals surface area contributed by atoms with E-state index in [2.05, 4.69) is 10.1 Å². The molecule has 0 radical (unpaired) electrons. The van der Waals surface area contributed by atoms with E-state index in [1.165, 1.54) is 6.20 Å². The fourth-order valence-electron chi connectivity index (χ4n) is 3.96. The van der Waals surface area contributed by atoms with Crippen molar-refractivity contribution in [3.05, 3.63) is 65.8 Å². The van der Waals surface area contributed by atoms with Gasteiger partial charge in [0.15, 0.2) is 5.82 Å². The average Bonchev–Trinajstić information content (AvgIpc) is 3.39. The third kappa shape index (κ3) is 2.71. The fourth-order valence-corrected chi connectivity index (χ4v) is 3.96. The molecule has 7 heteroatoms. The Labute approximate surface area is 156 Å². The number of carbonyl (C=O) groups is 1. The Kier molecular flexibility index (Phi) is 3.75. The number of aromatic nitrogens is 3. The van der Waals surface area contributed by atoms with Crippen LogP contribution in [0.1, 0.15) is 28.2 Å². The summed E-state index contributed by atoms with van der Waals surface area (Å²) in [7, 11) is 0. The quantitative estimate of drug-likeness (QED) is 0.696. The second kappa shape index (κ2) is 6.28. The molecule has 136 valence electrons. The van der Waals surface area contributed by atoms with Gasteiger partial charge in [-0.3, -0.25) is 4.79 Å². The van der Waals surface area contributed by atoms with Crippen molar-refractivity contribution in [1.82, 2.24) is 20.0 Å².